The third kappa shape index (κ3) is 2.98. The zero-order valence-corrected chi connectivity index (χ0v) is 12.1. The quantitative estimate of drug-likeness (QED) is 0.887. The van der Waals surface area contributed by atoms with Crippen molar-refractivity contribution in [3.05, 3.63) is 51.5 Å². The molecule has 2 nitrogen and oxygen atoms in total. The molecule has 0 bridgehead atoms. The van der Waals surface area contributed by atoms with E-state index in [4.69, 9.17) is 0 Å². The fraction of sp³-hybridized carbons (Fsp3) is 0.400. The van der Waals surface area contributed by atoms with Crippen LogP contribution in [0.15, 0.2) is 29.8 Å². The summed E-state index contributed by atoms with van der Waals surface area (Å²) in [4.78, 5) is 4.40. The molecule has 1 atom stereocenters. The number of thiazole rings is 1. The number of nitrogens with zero attached hydrogens (tertiary/aromatic N) is 1. The predicted molar refractivity (Wildman–Crippen MR) is 78.2 cm³/mol. The van der Waals surface area contributed by atoms with Crippen molar-refractivity contribution in [3.63, 3.8) is 0 Å². The third-order valence-corrected chi connectivity index (χ3v) is 4.01. The Balaban J connectivity index is 2.29. The van der Waals surface area contributed by atoms with E-state index in [0.717, 1.165) is 13.0 Å². The summed E-state index contributed by atoms with van der Waals surface area (Å²) in [7, 11) is 0. The Morgan fingerprint density at radius 1 is 1.28 bits per heavy atom. The molecule has 0 spiro atoms. The van der Waals surface area contributed by atoms with Gasteiger partial charge in [0.15, 0.2) is 0 Å². The van der Waals surface area contributed by atoms with Crippen LogP contribution in [0, 0.1) is 13.8 Å². The molecule has 3 heteroatoms. The molecule has 0 saturated heterocycles. The zero-order valence-electron chi connectivity index (χ0n) is 11.2. The average Bonchev–Trinajstić information content (AvgIpc) is 2.82. The maximum Gasteiger partial charge on any atom is 0.0943 e. The van der Waals surface area contributed by atoms with Gasteiger partial charge < -0.3 is 5.32 Å². The lowest BCUT2D eigenvalue weighted by molar-refractivity contribution is 0.544. The summed E-state index contributed by atoms with van der Waals surface area (Å²) in [5.41, 5.74) is 4.14. The molecule has 2 rings (SSSR count). The summed E-state index contributed by atoms with van der Waals surface area (Å²) in [6, 6.07) is 6.87. The van der Waals surface area contributed by atoms with E-state index in [1.165, 1.54) is 21.7 Å². The van der Waals surface area contributed by atoms with Gasteiger partial charge >= 0.3 is 0 Å². The van der Waals surface area contributed by atoms with Gasteiger partial charge in [-0.1, -0.05) is 25.1 Å². The Morgan fingerprint density at radius 3 is 2.56 bits per heavy atom. The number of aromatic nitrogens is 1. The summed E-state index contributed by atoms with van der Waals surface area (Å²) in [5.74, 6) is 0. The van der Waals surface area contributed by atoms with Gasteiger partial charge in [0, 0.05) is 24.0 Å². The van der Waals surface area contributed by atoms with Gasteiger partial charge in [-0.25, -0.2) is 4.98 Å². The Bertz CT molecular complexity index is 471. The molecule has 1 aromatic heterocycles. The molecule has 1 unspecified atom stereocenters. The SMILES string of the molecule is CCNC(Cc1nccs1)c1c(C)cccc1C. The molecular weight excluding hydrogens is 240 g/mol. The number of likely N-dealkylation sites (N-methyl/N-ethyl adjacent to an activating group) is 1. The van der Waals surface area contributed by atoms with E-state index in [0.29, 0.717) is 6.04 Å². The van der Waals surface area contributed by atoms with Crippen LogP contribution in [-0.4, -0.2) is 11.5 Å². The van der Waals surface area contributed by atoms with Gasteiger partial charge in [0.1, 0.15) is 0 Å². The van der Waals surface area contributed by atoms with Crippen LogP contribution in [0.25, 0.3) is 0 Å². The molecule has 0 aliphatic heterocycles. The van der Waals surface area contributed by atoms with Gasteiger partial charge in [0.25, 0.3) is 0 Å². The van der Waals surface area contributed by atoms with Crippen molar-refractivity contribution in [2.75, 3.05) is 6.54 Å². The topological polar surface area (TPSA) is 24.9 Å². The van der Waals surface area contributed by atoms with Crippen LogP contribution in [0.3, 0.4) is 0 Å². The predicted octanol–water partition coefficient (Wildman–Crippen LogP) is 3.65. The lowest BCUT2D eigenvalue weighted by Crippen LogP contribution is -2.24. The smallest absolute Gasteiger partial charge is 0.0943 e. The molecule has 1 heterocycles. The fourth-order valence-corrected chi connectivity index (χ4v) is 3.09. The molecule has 96 valence electrons. The standard InChI is InChI=1S/C15H20N2S/c1-4-16-13(10-14-17-8-9-18-14)15-11(2)6-5-7-12(15)3/h5-9,13,16H,4,10H2,1-3H3. The van der Waals surface area contributed by atoms with Gasteiger partial charge in [0.05, 0.1) is 5.01 Å². The minimum atomic E-state index is 0.363. The van der Waals surface area contributed by atoms with Gasteiger partial charge in [-0.05, 0) is 37.1 Å². The van der Waals surface area contributed by atoms with Crippen LogP contribution >= 0.6 is 11.3 Å². The maximum absolute atomic E-state index is 4.40. The molecule has 2 aromatic rings. The Labute approximate surface area is 113 Å². The lowest BCUT2D eigenvalue weighted by atomic mass is 9.94. The molecule has 0 fully saturated rings. The van der Waals surface area contributed by atoms with E-state index in [1.54, 1.807) is 11.3 Å². The van der Waals surface area contributed by atoms with Crippen molar-refractivity contribution < 1.29 is 0 Å². The van der Waals surface area contributed by atoms with Gasteiger partial charge in [-0.3, -0.25) is 0 Å². The first-order valence-electron chi connectivity index (χ1n) is 6.40. The molecule has 0 aliphatic carbocycles. The van der Waals surface area contributed by atoms with E-state index in [1.807, 2.05) is 11.6 Å². The Hall–Kier alpha value is -1.19. The van der Waals surface area contributed by atoms with Crippen molar-refractivity contribution in [3.8, 4) is 0 Å². The summed E-state index contributed by atoms with van der Waals surface area (Å²) in [5, 5.41) is 6.83. The van der Waals surface area contributed by atoms with Crippen molar-refractivity contribution in [1.29, 1.82) is 0 Å². The first kappa shape index (κ1) is 13.2. The number of aryl methyl sites for hydroxylation is 2. The van der Waals surface area contributed by atoms with E-state index in [9.17, 15) is 0 Å². The minimum Gasteiger partial charge on any atom is -0.310 e. The number of rotatable bonds is 5. The second-order valence-corrected chi connectivity index (χ2v) is 5.52. The van der Waals surface area contributed by atoms with Gasteiger partial charge in [0.2, 0.25) is 0 Å². The molecule has 18 heavy (non-hydrogen) atoms. The van der Waals surface area contributed by atoms with Gasteiger partial charge in [-0.2, -0.15) is 0 Å². The summed E-state index contributed by atoms with van der Waals surface area (Å²) in [6.45, 7) is 7.51. The van der Waals surface area contributed by atoms with E-state index in [2.05, 4.69) is 49.3 Å². The monoisotopic (exact) mass is 260 g/mol. The highest BCUT2D eigenvalue weighted by Gasteiger charge is 2.16. The molecule has 0 saturated carbocycles. The minimum absolute atomic E-state index is 0.363. The van der Waals surface area contributed by atoms with Crippen LogP contribution in [0.1, 0.15) is 34.7 Å². The van der Waals surface area contributed by atoms with Gasteiger partial charge in [-0.15, -0.1) is 11.3 Å². The van der Waals surface area contributed by atoms with Crippen LogP contribution in [0.5, 0.6) is 0 Å². The highest BCUT2D eigenvalue weighted by Crippen LogP contribution is 2.25. The highest BCUT2D eigenvalue weighted by molar-refractivity contribution is 7.09. The number of hydrogen-bond acceptors (Lipinski definition) is 3. The molecule has 0 amide bonds. The number of hydrogen-bond donors (Lipinski definition) is 1. The normalized spacial score (nSPS) is 12.6. The Kier molecular flexibility index (Phi) is 4.50. The average molecular weight is 260 g/mol. The first-order chi connectivity index (χ1) is 8.72. The van der Waals surface area contributed by atoms with Crippen LogP contribution in [-0.2, 0) is 6.42 Å². The van der Waals surface area contributed by atoms with Crippen molar-refractivity contribution >= 4 is 11.3 Å². The second kappa shape index (κ2) is 6.12. The van der Waals surface area contributed by atoms with Crippen molar-refractivity contribution in [2.45, 2.75) is 33.2 Å². The summed E-state index contributed by atoms with van der Waals surface area (Å²) >= 11 is 1.73. The van der Waals surface area contributed by atoms with E-state index < -0.39 is 0 Å². The number of benzene rings is 1. The van der Waals surface area contributed by atoms with Crippen molar-refractivity contribution in [1.82, 2.24) is 10.3 Å². The third-order valence-electron chi connectivity index (χ3n) is 3.20. The largest absolute Gasteiger partial charge is 0.310 e. The van der Waals surface area contributed by atoms with Crippen LogP contribution in [0.2, 0.25) is 0 Å². The molecule has 0 radical (unpaired) electrons. The maximum atomic E-state index is 4.40. The van der Waals surface area contributed by atoms with Crippen LogP contribution < -0.4 is 5.32 Å². The second-order valence-electron chi connectivity index (χ2n) is 4.55. The zero-order chi connectivity index (χ0) is 13.0. The number of nitrogens with one attached hydrogen (secondary N) is 1. The highest BCUT2D eigenvalue weighted by atomic mass is 32.1. The Morgan fingerprint density at radius 2 is 2.00 bits per heavy atom. The molecule has 1 aromatic carbocycles. The summed E-state index contributed by atoms with van der Waals surface area (Å²) in [6.07, 6.45) is 2.85. The first-order valence-corrected chi connectivity index (χ1v) is 7.28. The van der Waals surface area contributed by atoms with E-state index >= 15 is 0 Å². The lowest BCUT2D eigenvalue weighted by Gasteiger charge is -2.21. The summed E-state index contributed by atoms with van der Waals surface area (Å²) < 4.78 is 0. The molecule has 1 N–H and O–H groups in total. The molecule has 0 aliphatic rings. The van der Waals surface area contributed by atoms with Crippen molar-refractivity contribution in [2.24, 2.45) is 0 Å². The van der Waals surface area contributed by atoms with Crippen LogP contribution in [0.4, 0.5) is 0 Å². The van der Waals surface area contributed by atoms with E-state index in [-0.39, 0.29) is 0 Å². The molecular formula is C15H20N2S. The fourth-order valence-electron chi connectivity index (χ4n) is 2.43.